The van der Waals surface area contributed by atoms with E-state index in [0.717, 1.165) is 10.1 Å². The Morgan fingerprint density at radius 1 is 1.32 bits per heavy atom. The van der Waals surface area contributed by atoms with E-state index in [1.54, 1.807) is 18.2 Å². The van der Waals surface area contributed by atoms with Gasteiger partial charge in [-0.2, -0.15) is 5.53 Å². The number of hydrogen-bond acceptors (Lipinski definition) is 4. The van der Waals surface area contributed by atoms with Crippen LogP contribution in [0.25, 0.3) is 21.0 Å². The van der Waals surface area contributed by atoms with E-state index in [1.165, 1.54) is 11.3 Å². The minimum absolute atomic E-state index is 0.124. The lowest BCUT2D eigenvalue weighted by molar-refractivity contribution is 0.986. The summed E-state index contributed by atoms with van der Waals surface area (Å²) in [5.74, 6) is 0.143. The van der Waals surface area contributed by atoms with Crippen LogP contribution >= 0.6 is 11.3 Å². The summed E-state index contributed by atoms with van der Waals surface area (Å²) in [4.78, 5) is 14.7. The number of pyridine rings is 1. The van der Waals surface area contributed by atoms with E-state index in [2.05, 4.69) is 15.3 Å². The quantitative estimate of drug-likeness (QED) is 0.288. The molecule has 2 aromatic heterocycles. The molecule has 0 unspecified atom stereocenters. The molecule has 0 radical (unpaired) electrons. The Bertz CT molecular complexity index is 877. The number of nitrogens with one attached hydrogen (secondary N) is 2. The number of aromatic amines is 1. The van der Waals surface area contributed by atoms with Crippen molar-refractivity contribution >= 4 is 38.2 Å². The minimum Gasteiger partial charge on any atom is -0.382 e. The molecule has 0 saturated heterocycles. The molecule has 94 valence electrons. The van der Waals surface area contributed by atoms with Gasteiger partial charge in [0, 0.05) is 15.6 Å². The van der Waals surface area contributed by atoms with E-state index in [9.17, 15) is 4.79 Å². The van der Waals surface area contributed by atoms with E-state index in [4.69, 9.17) is 11.3 Å². The van der Waals surface area contributed by atoms with E-state index >= 15 is 0 Å². The Morgan fingerprint density at radius 2 is 2.16 bits per heavy atom. The van der Waals surface area contributed by atoms with Crippen LogP contribution in [-0.2, 0) is 0 Å². The maximum atomic E-state index is 11.9. The first kappa shape index (κ1) is 11.5. The Morgan fingerprint density at radius 3 is 2.95 bits per heavy atom. The molecule has 0 saturated carbocycles. The first-order valence-corrected chi connectivity index (χ1v) is 6.32. The summed E-state index contributed by atoms with van der Waals surface area (Å²) in [6, 6.07) is 7.22. The molecule has 3 rings (SSSR count). The van der Waals surface area contributed by atoms with Crippen LogP contribution in [0.2, 0.25) is 0 Å². The topological polar surface area (TPSA) is 107 Å². The number of aromatic nitrogens is 1. The lowest BCUT2D eigenvalue weighted by atomic mass is 10.1. The normalized spacial score (nSPS) is 12.1. The summed E-state index contributed by atoms with van der Waals surface area (Å²) in [5, 5.41) is 9.91. The van der Waals surface area contributed by atoms with Crippen LogP contribution in [0.3, 0.4) is 0 Å². The molecule has 7 heteroatoms. The number of nitrogens with two attached hydrogens (primary N) is 1. The first-order chi connectivity index (χ1) is 9.20. The highest BCUT2D eigenvalue weighted by Gasteiger charge is 2.08. The third kappa shape index (κ3) is 1.80. The summed E-state index contributed by atoms with van der Waals surface area (Å²) < 4.78 is 0.950. The van der Waals surface area contributed by atoms with Crippen molar-refractivity contribution in [2.45, 2.75) is 0 Å². The maximum absolute atomic E-state index is 11.9. The zero-order valence-electron chi connectivity index (χ0n) is 9.68. The van der Waals surface area contributed by atoms with Gasteiger partial charge in [0.15, 0.2) is 5.84 Å². The van der Waals surface area contributed by atoms with Crippen LogP contribution in [0.5, 0.6) is 0 Å². The van der Waals surface area contributed by atoms with E-state index < -0.39 is 0 Å². The highest BCUT2D eigenvalue weighted by molar-refractivity contribution is 7.18. The minimum atomic E-state index is -0.124. The first-order valence-electron chi connectivity index (χ1n) is 5.44. The molecular weight excluding hydrogens is 262 g/mol. The van der Waals surface area contributed by atoms with Crippen molar-refractivity contribution in [3.8, 4) is 0 Å². The van der Waals surface area contributed by atoms with Gasteiger partial charge in [-0.05, 0) is 17.5 Å². The van der Waals surface area contributed by atoms with Gasteiger partial charge in [0.25, 0.3) is 5.56 Å². The van der Waals surface area contributed by atoms with Crippen molar-refractivity contribution in [2.75, 3.05) is 0 Å². The maximum Gasteiger partial charge on any atom is 0.257 e. The monoisotopic (exact) mass is 271 g/mol. The summed E-state index contributed by atoms with van der Waals surface area (Å²) in [6.45, 7) is 0. The molecule has 0 atom stereocenters. The molecule has 0 spiro atoms. The third-order valence-corrected chi connectivity index (χ3v) is 3.82. The summed E-state index contributed by atoms with van der Waals surface area (Å²) in [6.07, 6.45) is 0. The molecule has 0 aliphatic carbocycles. The average Bonchev–Trinajstić information content (AvgIpc) is 2.88. The Hall–Kier alpha value is -2.54. The van der Waals surface area contributed by atoms with E-state index in [-0.39, 0.29) is 11.4 Å². The van der Waals surface area contributed by atoms with Crippen LogP contribution in [0, 0.1) is 5.53 Å². The molecule has 2 heterocycles. The second-order valence-electron chi connectivity index (χ2n) is 3.96. The number of hydrogen-bond donors (Lipinski definition) is 3. The van der Waals surface area contributed by atoms with E-state index in [1.807, 2.05) is 11.4 Å². The van der Waals surface area contributed by atoms with Gasteiger partial charge in [-0.15, -0.1) is 16.4 Å². The van der Waals surface area contributed by atoms with Crippen LogP contribution in [0.15, 0.2) is 44.8 Å². The number of nitrogens with zero attached hydrogens (tertiary/aromatic N) is 2. The van der Waals surface area contributed by atoms with Gasteiger partial charge in [0.2, 0.25) is 0 Å². The fourth-order valence-electron chi connectivity index (χ4n) is 2.00. The van der Waals surface area contributed by atoms with Crippen molar-refractivity contribution in [1.82, 2.24) is 4.98 Å². The van der Waals surface area contributed by atoms with Gasteiger partial charge in [0.05, 0.1) is 10.9 Å². The van der Waals surface area contributed by atoms with Crippen molar-refractivity contribution in [1.29, 1.82) is 5.53 Å². The van der Waals surface area contributed by atoms with Gasteiger partial charge >= 0.3 is 0 Å². The average molecular weight is 271 g/mol. The predicted octanol–water partition coefficient (Wildman–Crippen LogP) is 2.39. The fourth-order valence-corrected chi connectivity index (χ4v) is 2.94. The highest BCUT2D eigenvalue weighted by atomic mass is 32.1. The van der Waals surface area contributed by atoms with Crippen molar-refractivity contribution in [2.24, 2.45) is 16.1 Å². The van der Waals surface area contributed by atoms with Gasteiger partial charge in [-0.3, -0.25) is 4.79 Å². The highest BCUT2D eigenvalue weighted by Crippen LogP contribution is 2.26. The summed E-state index contributed by atoms with van der Waals surface area (Å²) >= 11 is 1.53. The van der Waals surface area contributed by atoms with Crippen LogP contribution < -0.4 is 11.3 Å². The van der Waals surface area contributed by atoms with Crippen molar-refractivity contribution in [3.05, 3.63) is 45.6 Å². The molecule has 6 nitrogen and oxygen atoms in total. The fraction of sp³-hybridized carbons (Fsp3) is 0. The Kier molecular flexibility index (Phi) is 2.60. The van der Waals surface area contributed by atoms with Crippen LogP contribution in [0.4, 0.5) is 0 Å². The molecule has 0 aliphatic rings. The molecule has 0 fully saturated rings. The van der Waals surface area contributed by atoms with Gasteiger partial charge in [0.1, 0.15) is 0 Å². The molecule has 4 N–H and O–H groups in total. The second kappa shape index (κ2) is 4.29. The number of thiophene rings is 1. The molecule has 0 aliphatic heterocycles. The largest absolute Gasteiger partial charge is 0.382 e. The summed E-state index contributed by atoms with van der Waals surface area (Å²) in [5.41, 5.74) is 13.5. The SMILES string of the molecule is N=N/N=C(\N)c1ccc2c(c1)[nH]c(=O)c1ccsc12. The van der Waals surface area contributed by atoms with Crippen molar-refractivity contribution < 1.29 is 0 Å². The standard InChI is InChI=1S/C12H9N5OS/c13-11(16-17-14)6-1-2-7-9(5-6)15-12(18)8-3-4-19-10(7)8/h1-5H,(H,15,18)(H3,13,14,16). The van der Waals surface area contributed by atoms with Gasteiger partial charge in [-0.25, -0.2) is 0 Å². The van der Waals surface area contributed by atoms with Gasteiger partial charge in [-0.1, -0.05) is 17.4 Å². The number of benzene rings is 1. The number of amidine groups is 1. The molecule has 19 heavy (non-hydrogen) atoms. The molecule has 3 aromatic rings. The second-order valence-corrected chi connectivity index (χ2v) is 4.88. The number of fused-ring (bicyclic) bond motifs is 3. The van der Waals surface area contributed by atoms with E-state index in [0.29, 0.717) is 16.5 Å². The van der Waals surface area contributed by atoms with Gasteiger partial charge < -0.3 is 10.7 Å². The third-order valence-electron chi connectivity index (χ3n) is 2.88. The zero-order valence-corrected chi connectivity index (χ0v) is 10.5. The lowest BCUT2D eigenvalue weighted by Crippen LogP contribution is -2.13. The molecule has 0 bridgehead atoms. The Balaban J connectivity index is 2.35. The van der Waals surface area contributed by atoms with Crippen LogP contribution in [0.1, 0.15) is 5.56 Å². The molecule has 0 amide bonds. The number of H-pyrrole nitrogens is 1. The Labute approximate surface area is 111 Å². The van der Waals surface area contributed by atoms with Crippen molar-refractivity contribution in [3.63, 3.8) is 0 Å². The lowest BCUT2D eigenvalue weighted by Gasteiger charge is -2.03. The van der Waals surface area contributed by atoms with Crippen LogP contribution in [-0.4, -0.2) is 10.8 Å². The zero-order chi connectivity index (χ0) is 13.4. The molecule has 1 aromatic carbocycles. The predicted molar refractivity (Wildman–Crippen MR) is 75.8 cm³/mol. The summed E-state index contributed by atoms with van der Waals surface area (Å²) in [7, 11) is 0. The molecular formula is C12H9N5OS. The smallest absolute Gasteiger partial charge is 0.257 e. The number of rotatable bonds is 2.